The molecule has 0 aliphatic rings. The first-order chi connectivity index (χ1) is 9.51. The highest BCUT2D eigenvalue weighted by atomic mass is 32.2. The summed E-state index contributed by atoms with van der Waals surface area (Å²) in [4.78, 5) is 0.189. The van der Waals surface area contributed by atoms with E-state index < -0.39 is 10.0 Å². The second kappa shape index (κ2) is 8.32. The van der Waals surface area contributed by atoms with Gasteiger partial charge in [0, 0.05) is 24.3 Å². The fraction of sp³-hybridized carbons (Fsp3) is 0.429. The number of aryl methyl sites for hydroxylation is 1. The van der Waals surface area contributed by atoms with Crippen molar-refractivity contribution in [2.24, 2.45) is 0 Å². The molecule has 4 nitrogen and oxygen atoms in total. The van der Waals surface area contributed by atoms with Crippen LogP contribution in [0.4, 0.5) is 0 Å². The molecule has 0 atom stereocenters. The molecule has 0 bridgehead atoms. The Morgan fingerprint density at radius 3 is 2.80 bits per heavy atom. The van der Waals surface area contributed by atoms with Crippen LogP contribution in [-0.2, 0) is 10.0 Å². The van der Waals surface area contributed by atoms with E-state index in [9.17, 15) is 8.42 Å². The van der Waals surface area contributed by atoms with Crippen LogP contribution in [-0.4, -0.2) is 38.7 Å². The summed E-state index contributed by atoms with van der Waals surface area (Å²) in [7, 11) is -3.55. The molecule has 0 saturated heterocycles. The lowest BCUT2D eigenvalue weighted by atomic mass is 10.1. The molecule has 0 radical (unpaired) electrons. The minimum atomic E-state index is -3.55. The third-order valence-corrected chi connectivity index (χ3v) is 4.61. The van der Waals surface area contributed by atoms with Gasteiger partial charge in [0.1, 0.15) is 0 Å². The van der Waals surface area contributed by atoms with Gasteiger partial charge < -0.3 is 5.11 Å². The Balaban J connectivity index is 3.08. The highest BCUT2D eigenvalue weighted by molar-refractivity contribution is 7.98. The van der Waals surface area contributed by atoms with Gasteiger partial charge in [-0.1, -0.05) is 17.9 Å². The Bertz CT molecular complexity index is 601. The Kier molecular flexibility index (Phi) is 7.10. The van der Waals surface area contributed by atoms with Crippen molar-refractivity contribution >= 4 is 21.8 Å². The van der Waals surface area contributed by atoms with Gasteiger partial charge in [0.05, 0.1) is 11.5 Å². The van der Waals surface area contributed by atoms with Gasteiger partial charge >= 0.3 is 0 Å². The van der Waals surface area contributed by atoms with Crippen molar-refractivity contribution in [2.45, 2.75) is 18.2 Å². The zero-order chi connectivity index (χ0) is 15.0. The summed E-state index contributed by atoms with van der Waals surface area (Å²) in [6.07, 6.45) is 2.25. The predicted molar refractivity (Wildman–Crippen MR) is 83.3 cm³/mol. The van der Waals surface area contributed by atoms with Crippen LogP contribution in [0, 0.1) is 18.8 Å². The largest absolute Gasteiger partial charge is 0.395 e. The van der Waals surface area contributed by atoms with Crippen LogP contribution in [0.2, 0.25) is 0 Å². The van der Waals surface area contributed by atoms with Gasteiger partial charge in [0.15, 0.2) is 0 Å². The fourth-order valence-electron chi connectivity index (χ4n) is 1.55. The van der Waals surface area contributed by atoms with Crippen LogP contribution in [0.1, 0.15) is 17.5 Å². The van der Waals surface area contributed by atoms with E-state index in [2.05, 4.69) is 16.6 Å². The van der Waals surface area contributed by atoms with Crippen molar-refractivity contribution in [3.05, 3.63) is 29.3 Å². The van der Waals surface area contributed by atoms with Gasteiger partial charge in [-0.25, -0.2) is 13.1 Å². The summed E-state index contributed by atoms with van der Waals surface area (Å²) in [5, 5.41) is 8.74. The van der Waals surface area contributed by atoms with Crippen molar-refractivity contribution < 1.29 is 13.5 Å². The standard InChI is InChI=1S/C14H19NO3S2/c1-12-6-7-14(13(11-12)5-3-4-9-16)20(17,18)15-8-10-19-2/h6-7,11,15-16H,4,8-10H2,1-2H3. The molecule has 1 aromatic carbocycles. The first-order valence-electron chi connectivity index (χ1n) is 6.20. The molecule has 0 fully saturated rings. The first kappa shape index (κ1) is 17.1. The third-order valence-electron chi connectivity index (χ3n) is 2.48. The molecule has 1 rings (SSSR count). The van der Waals surface area contributed by atoms with Crippen LogP contribution in [0.3, 0.4) is 0 Å². The van der Waals surface area contributed by atoms with Crippen molar-refractivity contribution in [3.8, 4) is 11.8 Å². The van der Waals surface area contributed by atoms with Gasteiger partial charge in [-0.05, 0) is 30.9 Å². The number of aliphatic hydroxyl groups is 1. The Morgan fingerprint density at radius 2 is 2.15 bits per heavy atom. The normalized spacial score (nSPS) is 10.9. The summed E-state index contributed by atoms with van der Waals surface area (Å²) < 4.78 is 27.0. The molecule has 0 amide bonds. The molecule has 0 aliphatic carbocycles. The number of nitrogens with one attached hydrogen (secondary N) is 1. The number of sulfonamides is 1. The van der Waals surface area contributed by atoms with E-state index in [0.29, 0.717) is 18.5 Å². The van der Waals surface area contributed by atoms with Crippen molar-refractivity contribution in [1.82, 2.24) is 4.72 Å². The molecular weight excluding hydrogens is 294 g/mol. The van der Waals surface area contributed by atoms with Crippen molar-refractivity contribution in [1.29, 1.82) is 0 Å². The zero-order valence-electron chi connectivity index (χ0n) is 11.6. The van der Waals surface area contributed by atoms with E-state index in [4.69, 9.17) is 5.11 Å². The highest BCUT2D eigenvalue weighted by Gasteiger charge is 2.17. The highest BCUT2D eigenvalue weighted by Crippen LogP contribution is 2.16. The number of aliphatic hydroxyl groups excluding tert-OH is 1. The molecule has 0 saturated carbocycles. The molecule has 2 N–H and O–H groups in total. The number of thioether (sulfide) groups is 1. The lowest BCUT2D eigenvalue weighted by Gasteiger charge is -2.09. The lowest BCUT2D eigenvalue weighted by molar-refractivity contribution is 0.305. The summed E-state index contributed by atoms with van der Waals surface area (Å²) in [6.45, 7) is 2.24. The Morgan fingerprint density at radius 1 is 1.40 bits per heavy atom. The molecule has 110 valence electrons. The summed E-state index contributed by atoms with van der Waals surface area (Å²) in [5.41, 5.74) is 1.41. The van der Waals surface area contributed by atoms with Crippen LogP contribution < -0.4 is 4.72 Å². The van der Waals surface area contributed by atoms with E-state index in [1.807, 2.05) is 13.2 Å². The van der Waals surface area contributed by atoms with E-state index in [0.717, 1.165) is 11.3 Å². The predicted octanol–water partition coefficient (Wildman–Crippen LogP) is 1.37. The molecule has 20 heavy (non-hydrogen) atoms. The van der Waals surface area contributed by atoms with Crippen LogP contribution in [0.5, 0.6) is 0 Å². The van der Waals surface area contributed by atoms with Crippen LogP contribution in [0.15, 0.2) is 23.1 Å². The van der Waals surface area contributed by atoms with Gasteiger partial charge in [-0.3, -0.25) is 0 Å². The maximum Gasteiger partial charge on any atom is 0.241 e. The molecule has 6 heteroatoms. The van der Waals surface area contributed by atoms with E-state index in [1.165, 1.54) is 0 Å². The van der Waals surface area contributed by atoms with Gasteiger partial charge in [0.25, 0.3) is 0 Å². The minimum Gasteiger partial charge on any atom is -0.395 e. The molecule has 0 unspecified atom stereocenters. The number of rotatable bonds is 6. The number of hydrogen-bond acceptors (Lipinski definition) is 4. The summed E-state index contributed by atoms with van der Waals surface area (Å²) in [5.74, 6) is 6.30. The van der Waals surface area contributed by atoms with Crippen molar-refractivity contribution in [3.63, 3.8) is 0 Å². The second-order valence-corrected chi connectivity index (χ2v) is 6.89. The fourth-order valence-corrected chi connectivity index (χ4v) is 3.15. The Labute approximate surface area is 125 Å². The Hall–Kier alpha value is -1.00. The number of benzene rings is 1. The first-order valence-corrected chi connectivity index (χ1v) is 9.08. The topological polar surface area (TPSA) is 66.4 Å². The lowest BCUT2D eigenvalue weighted by Crippen LogP contribution is -2.26. The van der Waals surface area contributed by atoms with Gasteiger partial charge in [-0.15, -0.1) is 0 Å². The van der Waals surface area contributed by atoms with E-state index >= 15 is 0 Å². The maximum atomic E-state index is 12.2. The second-order valence-electron chi connectivity index (χ2n) is 4.17. The average Bonchev–Trinajstić information content (AvgIpc) is 2.39. The summed E-state index contributed by atoms with van der Waals surface area (Å²) >= 11 is 1.58. The molecule has 0 aliphatic heterocycles. The monoisotopic (exact) mass is 313 g/mol. The van der Waals surface area contributed by atoms with Crippen molar-refractivity contribution in [2.75, 3.05) is 25.2 Å². The molecule has 0 aromatic heterocycles. The molecule has 0 spiro atoms. The van der Waals surface area contributed by atoms with Gasteiger partial charge in [0.2, 0.25) is 10.0 Å². The third kappa shape index (κ3) is 5.17. The zero-order valence-corrected chi connectivity index (χ0v) is 13.3. The minimum absolute atomic E-state index is 0.0348. The quantitative estimate of drug-likeness (QED) is 0.615. The molecule has 0 heterocycles. The van der Waals surface area contributed by atoms with Crippen LogP contribution >= 0.6 is 11.8 Å². The molecular formula is C14H19NO3S2. The van der Waals surface area contributed by atoms with E-state index in [-0.39, 0.29) is 11.5 Å². The molecule has 1 aromatic rings. The van der Waals surface area contributed by atoms with Crippen LogP contribution in [0.25, 0.3) is 0 Å². The van der Waals surface area contributed by atoms with E-state index in [1.54, 1.807) is 30.0 Å². The SMILES string of the molecule is CSCCNS(=O)(=O)c1ccc(C)cc1C#CCCO. The maximum absolute atomic E-state index is 12.2. The smallest absolute Gasteiger partial charge is 0.241 e. The van der Waals surface area contributed by atoms with Gasteiger partial charge in [-0.2, -0.15) is 11.8 Å². The summed E-state index contributed by atoms with van der Waals surface area (Å²) in [6, 6.07) is 5.06. The average molecular weight is 313 g/mol. The number of hydrogen-bond donors (Lipinski definition) is 2.